The molecule has 3 aromatic carbocycles. The fourth-order valence-electron chi connectivity index (χ4n) is 8.91. The first-order valence-electron chi connectivity index (χ1n) is 19.9. The molecule has 0 saturated carbocycles. The van der Waals surface area contributed by atoms with Gasteiger partial charge >= 0.3 is 18.6 Å². The number of alkyl halides is 2. The molecule has 11 nitrogen and oxygen atoms in total. The highest BCUT2D eigenvalue weighted by molar-refractivity contribution is 5.84. The van der Waals surface area contributed by atoms with Crippen molar-refractivity contribution in [1.29, 1.82) is 0 Å². The first-order valence-corrected chi connectivity index (χ1v) is 19.9. The number of benzene rings is 3. The summed E-state index contributed by atoms with van der Waals surface area (Å²) in [6.07, 6.45) is 7.39. The van der Waals surface area contributed by atoms with Gasteiger partial charge in [-0.2, -0.15) is 8.78 Å². The number of rotatable bonds is 12. The molecule has 59 heavy (non-hydrogen) atoms. The maximum absolute atomic E-state index is 13.6. The molecule has 0 radical (unpaired) electrons. The molecular formula is C46H47F2N5O6. The highest BCUT2D eigenvalue weighted by Gasteiger charge is 2.44. The Balaban J connectivity index is 1.07. The lowest BCUT2D eigenvalue weighted by molar-refractivity contribution is -0.152. The largest absolute Gasteiger partial charge is 0.468 e. The molecule has 0 N–H and O–H groups in total. The third-order valence-corrected chi connectivity index (χ3v) is 12.2. The van der Waals surface area contributed by atoms with Gasteiger partial charge in [0, 0.05) is 54.5 Å². The number of methoxy groups -OCH3 is 2. The Kier molecular flexibility index (Phi) is 11.2. The Morgan fingerprint density at radius 3 is 2.47 bits per heavy atom. The van der Waals surface area contributed by atoms with Gasteiger partial charge in [-0.15, -0.1) is 0 Å². The third-order valence-electron chi connectivity index (χ3n) is 12.2. The SMILES string of the molecule is COC(=O)[C@@H]1CCCN1Cc1cc2nc(-c3cccc(-c4cccc(Cc5nccc6cc(CN7CCC[C@@]7(C)C(=O)OC)cnc56)c4C)c3C)oc2cc1OC(F)F. The standard InChI is InChI=1S/C46H47F2N5O6/c1-27-30(21-37-41-31(15-17-49-37)20-29(24-50-41)25-53-19-9-16-46(53,3)44(55)57-5)10-6-11-33(27)34-12-7-13-35(28(34)2)42-51-36-22-32(39(59-45(47)48)23-40(36)58-42)26-52-18-8-14-38(52)43(54)56-4/h6-7,10-13,15,17,20,22-24,38,45H,8-9,14,16,18-19,21,25-26H2,1-5H3/t38-,46-/m0/s1. The van der Waals surface area contributed by atoms with Gasteiger partial charge in [0.25, 0.3) is 0 Å². The van der Waals surface area contributed by atoms with Crippen molar-refractivity contribution >= 4 is 33.9 Å². The lowest BCUT2D eigenvalue weighted by Gasteiger charge is -2.32. The van der Waals surface area contributed by atoms with E-state index in [1.807, 2.05) is 55.4 Å². The van der Waals surface area contributed by atoms with E-state index in [9.17, 15) is 18.4 Å². The van der Waals surface area contributed by atoms with Crippen molar-refractivity contribution in [2.75, 3.05) is 27.3 Å². The van der Waals surface area contributed by atoms with E-state index in [1.54, 1.807) is 6.07 Å². The molecule has 0 unspecified atom stereocenters. The van der Waals surface area contributed by atoms with Crippen LogP contribution < -0.4 is 4.74 Å². The van der Waals surface area contributed by atoms with E-state index in [2.05, 4.69) is 36.1 Å². The van der Waals surface area contributed by atoms with Crippen LogP contribution in [0.5, 0.6) is 5.75 Å². The minimum atomic E-state index is -3.04. The molecule has 13 heteroatoms. The zero-order valence-electron chi connectivity index (χ0n) is 33.9. The Labute approximate surface area is 341 Å². The molecule has 2 fully saturated rings. The Morgan fingerprint density at radius 2 is 1.69 bits per heavy atom. The average molecular weight is 804 g/mol. The molecule has 2 aliphatic heterocycles. The van der Waals surface area contributed by atoms with Crippen molar-refractivity contribution < 1.29 is 37.0 Å². The number of likely N-dealkylation sites (tertiary alicyclic amines) is 2. The maximum atomic E-state index is 13.6. The van der Waals surface area contributed by atoms with Crippen LogP contribution >= 0.6 is 0 Å². The predicted octanol–water partition coefficient (Wildman–Crippen LogP) is 8.58. The van der Waals surface area contributed by atoms with E-state index in [0.717, 1.165) is 81.3 Å². The van der Waals surface area contributed by atoms with Gasteiger partial charge in [0.2, 0.25) is 5.89 Å². The molecule has 2 aliphatic rings. The van der Waals surface area contributed by atoms with Gasteiger partial charge in [0.05, 0.1) is 25.4 Å². The van der Waals surface area contributed by atoms with Gasteiger partial charge in [0.1, 0.15) is 22.8 Å². The molecule has 5 heterocycles. The second-order valence-corrected chi connectivity index (χ2v) is 15.7. The lowest BCUT2D eigenvalue weighted by Crippen LogP contribution is -2.48. The van der Waals surface area contributed by atoms with Crippen molar-refractivity contribution in [1.82, 2.24) is 24.8 Å². The summed E-state index contributed by atoms with van der Waals surface area (Å²) in [5, 5.41) is 0.989. The molecular weight excluding hydrogens is 757 g/mol. The summed E-state index contributed by atoms with van der Waals surface area (Å²) in [5.41, 5.74) is 9.34. The Bertz CT molecular complexity index is 2560. The first-order chi connectivity index (χ1) is 28.5. The lowest BCUT2D eigenvalue weighted by atomic mass is 9.90. The zero-order chi connectivity index (χ0) is 41.4. The zero-order valence-corrected chi connectivity index (χ0v) is 33.9. The van der Waals surface area contributed by atoms with Gasteiger partial charge < -0.3 is 18.6 Å². The molecule has 0 spiro atoms. The number of fused-ring (bicyclic) bond motifs is 2. The number of halogens is 2. The van der Waals surface area contributed by atoms with E-state index in [-0.39, 0.29) is 24.2 Å². The first kappa shape index (κ1) is 40.0. The number of hydrogen-bond donors (Lipinski definition) is 0. The van der Waals surface area contributed by atoms with Crippen molar-refractivity contribution in [3.8, 4) is 28.3 Å². The average Bonchev–Trinajstić information content (AvgIpc) is 3.97. The molecule has 0 bridgehead atoms. The molecule has 2 saturated heterocycles. The topological polar surface area (TPSA) is 120 Å². The summed E-state index contributed by atoms with van der Waals surface area (Å²) in [7, 11) is 2.79. The van der Waals surface area contributed by atoms with Gasteiger partial charge in [0.15, 0.2) is 5.58 Å². The fraction of sp³-hybridized carbons (Fsp3) is 0.370. The van der Waals surface area contributed by atoms with Crippen molar-refractivity contribution in [3.05, 3.63) is 107 Å². The summed E-state index contributed by atoms with van der Waals surface area (Å²) in [6, 6.07) is 19.0. The molecule has 306 valence electrons. The number of carbonyl (C=O) groups is 2. The number of aromatic nitrogens is 3. The number of hydrogen-bond acceptors (Lipinski definition) is 11. The molecule has 0 amide bonds. The van der Waals surface area contributed by atoms with Crippen LogP contribution in [0.15, 0.2) is 77.5 Å². The number of esters is 2. The third kappa shape index (κ3) is 7.76. The summed E-state index contributed by atoms with van der Waals surface area (Å²) < 4.78 is 48.5. The van der Waals surface area contributed by atoms with Crippen molar-refractivity contribution in [2.45, 2.75) is 84.2 Å². The maximum Gasteiger partial charge on any atom is 0.387 e. The summed E-state index contributed by atoms with van der Waals surface area (Å²) in [4.78, 5) is 43.6. The monoisotopic (exact) mass is 803 g/mol. The molecule has 0 aliphatic carbocycles. The van der Waals surface area contributed by atoms with E-state index < -0.39 is 18.2 Å². The summed E-state index contributed by atoms with van der Waals surface area (Å²) in [6.45, 7) is 5.30. The van der Waals surface area contributed by atoms with Gasteiger partial charge in [-0.3, -0.25) is 29.4 Å². The number of pyridine rings is 2. The van der Waals surface area contributed by atoms with Gasteiger partial charge in [-0.1, -0.05) is 30.3 Å². The second-order valence-electron chi connectivity index (χ2n) is 15.7. The van der Waals surface area contributed by atoms with E-state index in [4.69, 9.17) is 33.6 Å². The van der Waals surface area contributed by atoms with E-state index >= 15 is 0 Å². The normalized spacial score (nSPS) is 18.6. The molecule has 8 rings (SSSR count). The van der Waals surface area contributed by atoms with E-state index in [0.29, 0.717) is 48.5 Å². The van der Waals surface area contributed by atoms with Crippen LogP contribution in [-0.4, -0.2) is 82.2 Å². The Morgan fingerprint density at radius 1 is 0.915 bits per heavy atom. The van der Waals surface area contributed by atoms with Gasteiger partial charge in [-0.05, 0) is 117 Å². The number of nitrogens with zero attached hydrogens (tertiary/aromatic N) is 5. The van der Waals surface area contributed by atoms with Crippen LogP contribution in [0.25, 0.3) is 44.6 Å². The predicted molar refractivity (Wildman–Crippen MR) is 219 cm³/mol. The van der Waals surface area contributed by atoms with Crippen LogP contribution in [0.3, 0.4) is 0 Å². The van der Waals surface area contributed by atoms with Gasteiger partial charge in [-0.25, -0.2) is 4.98 Å². The van der Waals surface area contributed by atoms with Crippen LogP contribution in [-0.2, 0) is 38.6 Å². The van der Waals surface area contributed by atoms with Crippen LogP contribution in [0.1, 0.15) is 66.1 Å². The minimum absolute atomic E-state index is 0.0229. The Hall–Kier alpha value is -5.79. The van der Waals surface area contributed by atoms with Crippen LogP contribution in [0.4, 0.5) is 8.78 Å². The molecule has 2 atom stereocenters. The number of oxazole rings is 1. The fourth-order valence-corrected chi connectivity index (χ4v) is 8.91. The van der Waals surface area contributed by atoms with Crippen molar-refractivity contribution in [2.24, 2.45) is 0 Å². The van der Waals surface area contributed by atoms with Crippen LogP contribution in [0, 0.1) is 13.8 Å². The minimum Gasteiger partial charge on any atom is -0.468 e. The molecule has 6 aromatic rings. The quantitative estimate of drug-likeness (QED) is 0.111. The highest BCUT2D eigenvalue weighted by Crippen LogP contribution is 2.38. The smallest absolute Gasteiger partial charge is 0.387 e. The van der Waals surface area contributed by atoms with Crippen LogP contribution in [0.2, 0.25) is 0 Å². The summed E-state index contributed by atoms with van der Waals surface area (Å²) >= 11 is 0. The summed E-state index contributed by atoms with van der Waals surface area (Å²) in [5.74, 6) is -0.228. The second kappa shape index (κ2) is 16.5. The highest BCUT2D eigenvalue weighted by atomic mass is 19.3. The van der Waals surface area contributed by atoms with Crippen molar-refractivity contribution in [3.63, 3.8) is 0 Å². The number of ether oxygens (including phenoxy) is 3. The molecule has 3 aromatic heterocycles. The number of carbonyl (C=O) groups excluding carboxylic acids is 2. The van der Waals surface area contributed by atoms with E-state index in [1.165, 1.54) is 20.3 Å².